The van der Waals surface area contributed by atoms with E-state index in [1.54, 1.807) is 13.8 Å². The van der Waals surface area contributed by atoms with Gasteiger partial charge in [-0.1, -0.05) is 5.21 Å². The van der Waals surface area contributed by atoms with Gasteiger partial charge in [-0.15, -0.1) is 10.2 Å². The van der Waals surface area contributed by atoms with Crippen molar-refractivity contribution >= 4 is 10.0 Å². The zero-order valence-corrected chi connectivity index (χ0v) is 11.2. The molecule has 2 aromatic heterocycles. The quantitative estimate of drug-likeness (QED) is 0.534. The van der Waals surface area contributed by atoms with Crippen LogP contribution < -0.4 is 10.5 Å². The summed E-state index contributed by atoms with van der Waals surface area (Å²) in [6.45, 7) is 3.25. The van der Waals surface area contributed by atoms with Crippen molar-refractivity contribution in [2.24, 2.45) is 5.73 Å². The van der Waals surface area contributed by atoms with Crippen LogP contribution in [0.3, 0.4) is 0 Å². The molecule has 11 heteroatoms. The van der Waals surface area contributed by atoms with Gasteiger partial charge in [0.2, 0.25) is 10.0 Å². The lowest BCUT2D eigenvalue weighted by molar-refractivity contribution is 0.558. The van der Waals surface area contributed by atoms with Gasteiger partial charge in [0.1, 0.15) is 4.90 Å². The molecular weight excluding hydrogens is 272 g/mol. The summed E-state index contributed by atoms with van der Waals surface area (Å²) in [6, 6.07) is -0.622. The molecule has 0 saturated carbocycles. The van der Waals surface area contributed by atoms with E-state index in [1.807, 2.05) is 0 Å². The summed E-state index contributed by atoms with van der Waals surface area (Å²) in [5.74, 6) is 0.249. The Morgan fingerprint density at radius 1 is 1.42 bits per heavy atom. The zero-order chi connectivity index (χ0) is 14.0. The van der Waals surface area contributed by atoms with Crippen molar-refractivity contribution in [2.75, 3.05) is 0 Å². The average Bonchev–Trinajstić information content (AvgIpc) is 2.96. The fraction of sp³-hybridized carbons (Fsp3) is 0.500. The average molecular weight is 286 g/mol. The molecule has 0 aliphatic heterocycles. The lowest BCUT2D eigenvalue weighted by atomic mass is 10.3. The van der Waals surface area contributed by atoms with Crippen LogP contribution in [0.4, 0.5) is 0 Å². The van der Waals surface area contributed by atoms with Crippen LogP contribution in [-0.2, 0) is 16.6 Å². The molecule has 1 atom stereocenters. The van der Waals surface area contributed by atoms with Gasteiger partial charge in [-0.3, -0.25) is 5.10 Å². The first-order valence-corrected chi connectivity index (χ1v) is 6.93. The predicted molar refractivity (Wildman–Crippen MR) is 64.1 cm³/mol. The van der Waals surface area contributed by atoms with Gasteiger partial charge in [0.25, 0.3) is 0 Å². The van der Waals surface area contributed by atoms with E-state index >= 15 is 0 Å². The summed E-state index contributed by atoms with van der Waals surface area (Å²) in [5.41, 5.74) is 6.18. The number of hydrogen-bond donors (Lipinski definition) is 4. The van der Waals surface area contributed by atoms with Crippen LogP contribution in [0.2, 0.25) is 0 Å². The van der Waals surface area contributed by atoms with Gasteiger partial charge < -0.3 is 5.73 Å². The van der Waals surface area contributed by atoms with E-state index in [1.165, 1.54) is 0 Å². The van der Waals surface area contributed by atoms with Gasteiger partial charge in [-0.25, -0.2) is 13.1 Å². The second-order valence-corrected chi connectivity index (χ2v) is 5.59. The Kier molecular flexibility index (Phi) is 3.59. The Hall–Kier alpha value is -1.85. The number of nitrogens with two attached hydrogens (primary N) is 1. The minimum absolute atomic E-state index is 0.0250. The number of aromatic amines is 2. The Balaban J connectivity index is 2.30. The first-order valence-electron chi connectivity index (χ1n) is 5.45. The number of aromatic nitrogens is 6. The van der Waals surface area contributed by atoms with Crippen LogP contribution >= 0.6 is 0 Å². The lowest BCUT2D eigenvalue weighted by Gasteiger charge is -2.11. The first-order chi connectivity index (χ1) is 8.95. The third kappa shape index (κ3) is 2.62. The van der Waals surface area contributed by atoms with Crippen LogP contribution in [0.25, 0.3) is 0 Å². The van der Waals surface area contributed by atoms with Crippen molar-refractivity contribution in [2.45, 2.75) is 31.3 Å². The largest absolute Gasteiger partial charge is 0.325 e. The number of aryl methyl sites for hydroxylation is 1. The second kappa shape index (κ2) is 5.03. The Morgan fingerprint density at radius 3 is 2.74 bits per heavy atom. The van der Waals surface area contributed by atoms with Crippen molar-refractivity contribution in [3.8, 4) is 0 Å². The molecule has 2 rings (SSSR count). The summed E-state index contributed by atoms with van der Waals surface area (Å²) in [7, 11) is -3.76. The molecule has 0 fully saturated rings. The maximum atomic E-state index is 12.3. The molecule has 1 unspecified atom stereocenters. The number of hydrogen-bond acceptors (Lipinski definition) is 7. The second-order valence-electron chi connectivity index (χ2n) is 3.94. The van der Waals surface area contributed by atoms with Gasteiger partial charge in [0.15, 0.2) is 5.82 Å². The molecule has 0 aliphatic carbocycles. The minimum Gasteiger partial charge on any atom is -0.325 e. The first kappa shape index (κ1) is 13.6. The van der Waals surface area contributed by atoms with Crippen LogP contribution in [-0.4, -0.2) is 39.2 Å². The molecule has 0 aromatic carbocycles. The van der Waals surface area contributed by atoms with Crippen molar-refractivity contribution in [3.63, 3.8) is 0 Å². The van der Waals surface area contributed by atoms with E-state index in [2.05, 4.69) is 35.5 Å². The monoisotopic (exact) mass is 286 g/mol. The SMILES string of the molecule is Cc1[nH]nc(CN)c1S(=O)(=O)NC(C)c1nn[nH]n1. The highest BCUT2D eigenvalue weighted by Crippen LogP contribution is 2.19. The van der Waals surface area contributed by atoms with E-state index in [9.17, 15) is 8.42 Å². The molecule has 0 amide bonds. The number of rotatable bonds is 5. The van der Waals surface area contributed by atoms with Crippen LogP contribution in [0.1, 0.15) is 30.2 Å². The van der Waals surface area contributed by atoms with E-state index in [0.29, 0.717) is 5.69 Å². The smallest absolute Gasteiger partial charge is 0.244 e. The molecule has 0 saturated heterocycles. The zero-order valence-electron chi connectivity index (χ0n) is 10.4. The van der Waals surface area contributed by atoms with Gasteiger partial charge in [-0.2, -0.15) is 10.3 Å². The number of nitrogens with zero attached hydrogens (tertiary/aromatic N) is 4. The molecule has 0 bridgehead atoms. The Bertz CT molecular complexity index is 646. The molecule has 5 N–H and O–H groups in total. The van der Waals surface area contributed by atoms with Crippen molar-refractivity contribution in [1.82, 2.24) is 35.5 Å². The standard InChI is InChI=1S/C8H14N8O2S/c1-4-7(6(3-9)11-10-4)19(17,18)14-5(2)8-12-15-16-13-8/h5,14H,3,9H2,1-2H3,(H,10,11)(H,12,13,15,16). The normalized spacial score (nSPS) is 13.6. The van der Waals surface area contributed by atoms with Crippen molar-refractivity contribution in [1.29, 1.82) is 0 Å². The number of nitrogens with one attached hydrogen (secondary N) is 3. The molecule has 10 nitrogen and oxygen atoms in total. The maximum absolute atomic E-state index is 12.3. The van der Waals surface area contributed by atoms with Gasteiger partial charge in [-0.05, 0) is 13.8 Å². The summed E-state index contributed by atoms with van der Waals surface area (Å²) in [5, 5.41) is 19.5. The molecule has 2 aromatic rings. The summed E-state index contributed by atoms with van der Waals surface area (Å²) >= 11 is 0. The highest BCUT2D eigenvalue weighted by Gasteiger charge is 2.26. The van der Waals surface area contributed by atoms with E-state index in [4.69, 9.17) is 5.73 Å². The van der Waals surface area contributed by atoms with Crippen LogP contribution in [0, 0.1) is 6.92 Å². The van der Waals surface area contributed by atoms with Gasteiger partial charge in [0, 0.05) is 6.54 Å². The van der Waals surface area contributed by atoms with Crippen LogP contribution in [0.15, 0.2) is 4.90 Å². The summed E-state index contributed by atoms with van der Waals surface area (Å²) in [4.78, 5) is 0.0605. The maximum Gasteiger partial charge on any atom is 0.244 e. The lowest BCUT2D eigenvalue weighted by Crippen LogP contribution is -2.29. The van der Waals surface area contributed by atoms with Gasteiger partial charge >= 0.3 is 0 Å². The Morgan fingerprint density at radius 2 is 2.16 bits per heavy atom. The molecule has 0 spiro atoms. The number of H-pyrrole nitrogens is 2. The molecule has 2 heterocycles. The van der Waals surface area contributed by atoms with E-state index < -0.39 is 16.1 Å². The highest BCUT2D eigenvalue weighted by molar-refractivity contribution is 7.89. The predicted octanol–water partition coefficient (Wildman–Crippen LogP) is -1.27. The molecule has 19 heavy (non-hydrogen) atoms. The Labute approximate surface area is 109 Å². The van der Waals surface area contributed by atoms with Crippen LogP contribution in [0.5, 0.6) is 0 Å². The third-order valence-corrected chi connectivity index (χ3v) is 4.25. The molecule has 104 valence electrons. The topological polar surface area (TPSA) is 155 Å². The van der Waals surface area contributed by atoms with Crippen molar-refractivity contribution in [3.05, 3.63) is 17.2 Å². The number of tetrazole rings is 1. The van der Waals surface area contributed by atoms with Crippen molar-refractivity contribution < 1.29 is 8.42 Å². The van der Waals surface area contributed by atoms with Gasteiger partial charge in [0.05, 0.1) is 17.4 Å². The molecular formula is C8H14N8O2S. The van der Waals surface area contributed by atoms with E-state index in [-0.39, 0.29) is 23.0 Å². The fourth-order valence-electron chi connectivity index (χ4n) is 1.66. The third-order valence-electron chi connectivity index (χ3n) is 2.50. The minimum atomic E-state index is -3.76. The highest BCUT2D eigenvalue weighted by atomic mass is 32.2. The van der Waals surface area contributed by atoms with E-state index in [0.717, 1.165) is 0 Å². The molecule has 0 aliphatic rings. The number of sulfonamides is 1. The summed E-state index contributed by atoms with van der Waals surface area (Å²) in [6.07, 6.45) is 0. The summed E-state index contributed by atoms with van der Waals surface area (Å²) < 4.78 is 27.0. The molecule has 0 radical (unpaired) electrons. The fourth-order valence-corrected chi connectivity index (χ4v) is 3.24.